The van der Waals surface area contributed by atoms with Crippen LogP contribution in [0.3, 0.4) is 0 Å². The summed E-state index contributed by atoms with van der Waals surface area (Å²) in [6.07, 6.45) is 2.17. The highest BCUT2D eigenvalue weighted by Gasteiger charge is 2.12. The molecule has 4 nitrogen and oxygen atoms in total. The zero-order chi connectivity index (χ0) is 19.2. The number of methoxy groups -OCH3 is 2. The van der Waals surface area contributed by atoms with E-state index in [0.29, 0.717) is 12.2 Å². The van der Waals surface area contributed by atoms with Crippen LogP contribution in [0.1, 0.15) is 22.3 Å². The van der Waals surface area contributed by atoms with Crippen LogP contribution in [0.15, 0.2) is 60.7 Å². The van der Waals surface area contributed by atoms with E-state index in [1.165, 1.54) is 5.56 Å². The molecule has 0 atom stereocenters. The Morgan fingerprint density at radius 1 is 0.741 bits per heavy atom. The SMILES string of the molecule is COc1cccc(CCc2cc(O)c(Cc3ccc(O)cc3)c(OC)c2)c1. The average Bonchev–Trinajstić information content (AvgIpc) is 2.69. The van der Waals surface area contributed by atoms with E-state index in [4.69, 9.17) is 9.47 Å². The Bertz CT molecular complexity index is 901. The fourth-order valence-electron chi connectivity index (χ4n) is 3.12. The maximum atomic E-state index is 10.5. The van der Waals surface area contributed by atoms with Crippen LogP contribution in [-0.4, -0.2) is 24.4 Å². The van der Waals surface area contributed by atoms with Gasteiger partial charge in [0, 0.05) is 12.0 Å². The van der Waals surface area contributed by atoms with Gasteiger partial charge in [-0.2, -0.15) is 0 Å². The third kappa shape index (κ3) is 4.73. The minimum absolute atomic E-state index is 0.225. The van der Waals surface area contributed by atoms with Gasteiger partial charge < -0.3 is 19.7 Å². The summed E-state index contributed by atoms with van der Waals surface area (Å²) in [7, 11) is 3.27. The van der Waals surface area contributed by atoms with Crippen LogP contribution in [0, 0.1) is 0 Å². The lowest BCUT2D eigenvalue weighted by Crippen LogP contribution is -1.98. The predicted octanol–water partition coefficient (Wildman–Crippen LogP) is 4.49. The summed E-state index contributed by atoms with van der Waals surface area (Å²) in [4.78, 5) is 0. The fraction of sp³-hybridized carbons (Fsp3) is 0.217. The summed E-state index contributed by atoms with van der Waals surface area (Å²) in [6.45, 7) is 0. The third-order valence-electron chi connectivity index (χ3n) is 4.62. The maximum Gasteiger partial charge on any atom is 0.126 e. The van der Waals surface area contributed by atoms with Crippen LogP contribution >= 0.6 is 0 Å². The molecule has 140 valence electrons. The molecule has 0 amide bonds. The van der Waals surface area contributed by atoms with Gasteiger partial charge in [0.2, 0.25) is 0 Å². The van der Waals surface area contributed by atoms with Gasteiger partial charge in [0.15, 0.2) is 0 Å². The molecule has 0 saturated carbocycles. The number of ether oxygens (including phenoxy) is 2. The maximum absolute atomic E-state index is 10.5. The van der Waals surface area contributed by atoms with Gasteiger partial charge in [0.25, 0.3) is 0 Å². The van der Waals surface area contributed by atoms with Crippen molar-refractivity contribution in [1.29, 1.82) is 0 Å². The minimum atomic E-state index is 0.225. The van der Waals surface area contributed by atoms with Crippen molar-refractivity contribution < 1.29 is 19.7 Å². The summed E-state index contributed by atoms with van der Waals surface area (Å²) in [6, 6.07) is 18.7. The van der Waals surface area contributed by atoms with E-state index in [0.717, 1.165) is 35.3 Å². The van der Waals surface area contributed by atoms with Crippen LogP contribution in [0.25, 0.3) is 0 Å². The standard InChI is InChI=1S/C23H24O4/c1-26-20-5-3-4-16(12-20)6-7-18-14-22(25)21(23(15-18)27-2)13-17-8-10-19(24)11-9-17/h3-5,8-12,14-15,24-25H,6-7,13H2,1-2H3. The molecule has 0 aliphatic carbocycles. The molecule has 3 aromatic rings. The second-order valence-corrected chi connectivity index (χ2v) is 6.49. The number of aromatic hydroxyl groups is 2. The Hall–Kier alpha value is -3.14. The third-order valence-corrected chi connectivity index (χ3v) is 4.62. The van der Waals surface area contributed by atoms with Crippen LogP contribution in [0.5, 0.6) is 23.0 Å². The molecule has 0 spiro atoms. The van der Waals surface area contributed by atoms with Gasteiger partial charge in [-0.25, -0.2) is 0 Å². The highest BCUT2D eigenvalue weighted by atomic mass is 16.5. The van der Waals surface area contributed by atoms with Crippen molar-refractivity contribution in [3.05, 3.63) is 82.9 Å². The average molecular weight is 364 g/mol. The number of hydrogen-bond donors (Lipinski definition) is 2. The minimum Gasteiger partial charge on any atom is -0.508 e. The molecule has 0 saturated heterocycles. The second kappa shape index (κ2) is 8.49. The Balaban J connectivity index is 1.77. The van der Waals surface area contributed by atoms with Crippen LogP contribution in [-0.2, 0) is 19.3 Å². The van der Waals surface area contributed by atoms with Crippen LogP contribution in [0.2, 0.25) is 0 Å². The molecule has 27 heavy (non-hydrogen) atoms. The molecule has 4 heteroatoms. The Labute approximate surface area is 159 Å². The molecule has 0 unspecified atom stereocenters. The molecule has 0 fully saturated rings. The number of rotatable bonds is 7. The van der Waals surface area contributed by atoms with E-state index in [1.807, 2.05) is 36.4 Å². The molecule has 0 radical (unpaired) electrons. The smallest absolute Gasteiger partial charge is 0.126 e. The first-order valence-electron chi connectivity index (χ1n) is 8.88. The first-order chi connectivity index (χ1) is 13.1. The van der Waals surface area contributed by atoms with Crippen LogP contribution in [0.4, 0.5) is 0 Å². The predicted molar refractivity (Wildman–Crippen MR) is 106 cm³/mol. The summed E-state index contributed by atoms with van der Waals surface area (Å²) >= 11 is 0. The van der Waals surface area contributed by atoms with Crippen molar-refractivity contribution in [1.82, 2.24) is 0 Å². The lowest BCUT2D eigenvalue weighted by molar-refractivity contribution is 0.400. The molecule has 0 aromatic heterocycles. The fourth-order valence-corrected chi connectivity index (χ4v) is 3.12. The van der Waals surface area contributed by atoms with Gasteiger partial charge in [0.05, 0.1) is 14.2 Å². The molecular formula is C23H24O4. The number of aryl methyl sites for hydroxylation is 2. The van der Waals surface area contributed by atoms with E-state index in [-0.39, 0.29) is 11.5 Å². The van der Waals surface area contributed by atoms with E-state index in [2.05, 4.69) is 6.07 Å². The number of benzene rings is 3. The first-order valence-corrected chi connectivity index (χ1v) is 8.88. The summed E-state index contributed by atoms with van der Waals surface area (Å²) in [5, 5.41) is 20.0. The van der Waals surface area contributed by atoms with Crippen molar-refractivity contribution in [2.45, 2.75) is 19.3 Å². The van der Waals surface area contributed by atoms with Crippen molar-refractivity contribution in [2.24, 2.45) is 0 Å². The van der Waals surface area contributed by atoms with E-state index in [9.17, 15) is 10.2 Å². The van der Waals surface area contributed by atoms with Gasteiger partial charge >= 0.3 is 0 Å². The summed E-state index contributed by atoms with van der Waals surface area (Å²) in [5.74, 6) is 1.96. The molecule has 0 bridgehead atoms. The van der Waals surface area contributed by atoms with Crippen molar-refractivity contribution in [3.8, 4) is 23.0 Å². The van der Waals surface area contributed by atoms with Crippen molar-refractivity contribution in [3.63, 3.8) is 0 Å². The zero-order valence-corrected chi connectivity index (χ0v) is 15.6. The molecule has 0 heterocycles. The zero-order valence-electron chi connectivity index (χ0n) is 15.6. The Morgan fingerprint density at radius 3 is 2.19 bits per heavy atom. The lowest BCUT2D eigenvalue weighted by Gasteiger charge is -2.14. The Kier molecular flexibility index (Phi) is 5.87. The lowest BCUT2D eigenvalue weighted by atomic mass is 9.98. The highest BCUT2D eigenvalue weighted by molar-refractivity contribution is 5.50. The van der Waals surface area contributed by atoms with Crippen molar-refractivity contribution in [2.75, 3.05) is 14.2 Å². The van der Waals surface area contributed by atoms with E-state index >= 15 is 0 Å². The van der Waals surface area contributed by atoms with Gasteiger partial charge in [-0.15, -0.1) is 0 Å². The highest BCUT2D eigenvalue weighted by Crippen LogP contribution is 2.32. The molecule has 0 aliphatic rings. The van der Waals surface area contributed by atoms with Crippen LogP contribution < -0.4 is 9.47 Å². The molecule has 2 N–H and O–H groups in total. The van der Waals surface area contributed by atoms with Gasteiger partial charge in [-0.3, -0.25) is 0 Å². The normalized spacial score (nSPS) is 10.6. The monoisotopic (exact) mass is 364 g/mol. The molecular weight excluding hydrogens is 340 g/mol. The van der Waals surface area contributed by atoms with Gasteiger partial charge in [-0.05, 0) is 65.9 Å². The van der Waals surface area contributed by atoms with E-state index in [1.54, 1.807) is 32.4 Å². The molecule has 0 aliphatic heterocycles. The quantitative estimate of drug-likeness (QED) is 0.648. The van der Waals surface area contributed by atoms with E-state index < -0.39 is 0 Å². The van der Waals surface area contributed by atoms with Gasteiger partial charge in [0.1, 0.15) is 23.0 Å². The topological polar surface area (TPSA) is 58.9 Å². The number of hydrogen-bond acceptors (Lipinski definition) is 4. The molecule has 3 aromatic carbocycles. The summed E-state index contributed by atoms with van der Waals surface area (Å²) in [5.41, 5.74) is 3.93. The first kappa shape index (κ1) is 18.6. The number of phenolic OH excluding ortho intramolecular Hbond substituents is 2. The number of phenols is 2. The van der Waals surface area contributed by atoms with Crippen molar-refractivity contribution >= 4 is 0 Å². The largest absolute Gasteiger partial charge is 0.508 e. The Morgan fingerprint density at radius 2 is 1.48 bits per heavy atom. The summed E-state index contributed by atoms with van der Waals surface area (Å²) < 4.78 is 10.8. The second-order valence-electron chi connectivity index (χ2n) is 6.49. The molecule has 3 rings (SSSR count). The van der Waals surface area contributed by atoms with Gasteiger partial charge in [-0.1, -0.05) is 24.3 Å².